The van der Waals surface area contributed by atoms with Gasteiger partial charge in [-0.25, -0.2) is 9.97 Å². The lowest BCUT2D eigenvalue weighted by Gasteiger charge is -2.09. The van der Waals surface area contributed by atoms with Crippen molar-refractivity contribution in [2.75, 3.05) is 5.32 Å². The van der Waals surface area contributed by atoms with E-state index < -0.39 is 0 Å². The van der Waals surface area contributed by atoms with E-state index >= 15 is 0 Å². The summed E-state index contributed by atoms with van der Waals surface area (Å²) in [5.74, 6) is 0.519. The summed E-state index contributed by atoms with van der Waals surface area (Å²) in [7, 11) is 0. The summed E-state index contributed by atoms with van der Waals surface area (Å²) < 4.78 is 0. The van der Waals surface area contributed by atoms with Gasteiger partial charge in [-0.1, -0.05) is 133 Å². The number of aromatic hydroxyl groups is 3. The lowest BCUT2D eigenvalue weighted by atomic mass is 10.0. The van der Waals surface area contributed by atoms with Crippen molar-refractivity contribution in [3.8, 4) is 61.8 Å². The van der Waals surface area contributed by atoms with Gasteiger partial charge in [-0.15, -0.1) is 0 Å². The number of hydrogen-bond acceptors (Lipinski definition) is 6. The fourth-order valence-electron chi connectivity index (χ4n) is 9.55. The predicted octanol–water partition coefficient (Wildman–Crippen LogP) is 15.9. The second-order valence-corrected chi connectivity index (χ2v) is 18.3. The molecule has 0 fully saturated rings. The van der Waals surface area contributed by atoms with Gasteiger partial charge in [0, 0.05) is 56.4 Å². The molecular formula is C60H61N5O4. The summed E-state index contributed by atoms with van der Waals surface area (Å²) in [5.41, 5.74) is 13.8. The van der Waals surface area contributed by atoms with E-state index in [2.05, 4.69) is 28.3 Å². The van der Waals surface area contributed by atoms with E-state index in [0.29, 0.717) is 6.42 Å². The van der Waals surface area contributed by atoms with E-state index in [1.165, 1.54) is 70.6 Å². The highest BCUT2D eigenvalue weighted by molar-refractivity contribution is 6.00. The molecule has 1 amide bonds. The summed E-state index contributed by atoms with van der Waals surface area (Å²) in [6, 6.07) is 37.5. The Balaban J connectivity index is 1.08. The highest BCUT2D eigenvalue weighted by Gasteiger charge is 2.19. The standard InChI is InChI=1S/C60H61N5O4/c1-2-3-4-5-6-7-8-9-10-11-12-13-14-15-56(69)61-44-24-16-40(17-25-44)57-48-32-34-50(62-48)58(41-18-26-45(66)27-19-41)52-36-38-54(64-52)60(43-22-30-47(68)31-23-43)55-39-37-53(65-55)59(51-35-33-49(57)63-51)42-20-28-46(67)29-21-42/h16-39,62,65-68H,2-15H2,1H3,(H,61,69). The Morgan fingerprint density at radius 1 is 0.406 bits per heavy atom. The number of phenols is 3. The van der Waals surface area contributed by atoms with Crippen molar-refractivity contribution >= 4 is 58.0 Å². The highest BCUT2D eigenvalue weighted by Crippen LogP contribution is 2.39. The van der Waals surface area contributed by atoms with Gasteiger partial charge in [0.15, 0.2) is 0 Å². The maximum absolute atomic E-state index is 13.1. The number of H-pyrrole nitrogens is 2. The maximum Gasteiger partial charge on any atom is 0.224 e. The molecule has 350 valence electrons. The molecular weight excluding hydrogens is 855 g/mol. The number of carbonyl (C=O) groups excluding carboxylic acids is 1. The van der Waals surface area contributed by atoms with Gasteiger partial charge >= 0.3 is 0 Å². The molecule has 9 heteroatoms. The van der Waals surface area contributed by atoms with Crippen LogP contribution in [0, 0.1) is 0 Å². The largest absolute Gasteiger partial charge is 0.508 e. The number of unbranched alkanes of at least 4 members (excludes halogenated alkanes) is 12. The number of anilines is 1. The molecule has 3 aromatic heterocycles. The van der Waals surface area contributed by atoms with E-state index in [1.807, 2.05) is 103 Å². The lowest BCUT2D eigenvalue weighted by Crippen LogP contribution is -2.10. The Kier molecular flexibility index (Phi) is 14.8. The van der Waals surface area contributed by atoms with Crippen LogP contribution < -0.4 is 5.32 Å². The number of carbonyl (C=O) groups is 1. The third-order valence-corrected chi connectivity index (χ3v) is 13.2. The number of nitrogens with one attached hydrogen (secondary N) is 3. The van der Waals surface area contributed by atoms with Crippen LogP contribution in [0.4, 0.5) is 5.69 Å². The smallest absolute Gasteiger partial charge is 0.224 e. The van der Waals surface area contributed by atoms with Gasteiger partial charge in [-0.3, -0.25) is 4.79 Å². The first-order valence-corrected chi connectivity index (χ1v) is 24.8. The van der Waals surface area contributed by atoms with Crippen molar-refractivity contribution in [3.05, 3.63) is 144 Å². The van der Waals surface area contributed by atoms with Crippen molar-refractivity contribution in [2.24, 2.45) is 0 Å². The summed E-state index contributed by atoms with van der Waals surface area (Å²) in [6.07, 6.45) is 25.0. The minimum absolute atomic E-state index is 0.0265. The molecule has 0 aliphatic carbocycles. The van der Waals surface area contributed by atoms with Crippen molar-refractivity contribution in [1.82, 2.24) is 19.9 Å². The van der Waals surface area contributed by atoms with Crippen LogP contribution in [0.1, 0.15) is 120 Å². The molecule has 9 rings (SSSR count). The molecule has 2 aliphatic rings. The number of amides is 1. The Bertz CT molecular complexity index is 3080. The minimum Gasteiger partial charge on any atom is -0.508 e. The molecule has 6 N–H and O–H groups in total. The van der Waals surface area contributed by atoms with Crippen molar-refractivity contribution in [2.45, 2.75) is 96.8 Å². The van der Waals surface area contributed by atoms with Gasteiger partial charge in [0.25, 0.3) is 0 Å². The molecule has 0 saturated heterocycles. The van der Waals surface area contributed by atoms with E-state index in [1.54, 1.807) is 36.4 Å². The summed E-state index contributed by atoms with van der Waals surface area (Å²) in [6.45, 7) is 2.27. The van der Waals surface area contributed by atoms with Crippen molar-refractivity contribution in [3.63, 3.8) is 0 Å². The van der Waals surface area contributed by atoms with Crippen LogP contribution in [0.2, 0.25) is 0 Å². The topological polar surface area (TPSA) is 147 Å². The van der Waals surface area contributed by atoms with Crippen LogP contribution in [0.3, 0.4) is 0 Å². The third kappa shape index (κ3) is 11.2. The first kappa shape index (κ1) is 46.5. The van der Waals surface area contributed by atoms with Gasteiger partial charge in [0.1, 0.15) is 17.2 Å². The van der Waals surface area contributed by atoms with Gasteiger partial charge < -0.3 is 30.6 Å². The zero-order valence-electron chi connectivity index (χ0n) is 39.4. The molecule has 69 heavy (non-hydrogen) atoms. The van der Waals surface area contributed by atoms with Gasteiger partial charge in [0.05, 0.1) is 22.8 Å². The molecule has 0 unspecified atom stereocenters. The van der Waals surface area contributed by atoms with Crippen molar-refractivity contribution < 1.29 is 20.1 Å². The quantitative estimate of drug-likeness (QED) is 0.0445. The number of nitrogens with zero attached hydrogens (tertiary/aromatic N) is 2. The van der Waals surface area contributed by atoms with Crippen LogP contribution in [0.15, 0.2) is 121 Å². The molecule has 4 aromatic carbocycles. The monoisotopic (exact) mass is 915 g/mol. The Morgan fingerprint density at radius 3 is 1.01 bits per heavy atom. The maximum atomic E-state index is 13.1. The van der Waals surface area contributed by atoms with Gasteiger partial charge in [0.2, 0.25) is 5.91 Å². The first-order chi connectivity index (χ1) is 33.8. The number of hydrogen-bond donors (Lipinski definition) is 6. The van der Waals surface area contributed by atoms with Crippen LogP contribution >= 0.6 is 0 Å². The van der Waals surface area contributed by atoms with Gasteiger partial charge in [-0.2, -0.15) is 0 Å². The highest BCUT2D eigenvalue weighted by atomic mass is 16.3. The zero-order chi connectivity index (χ0) is 47.5. The molecule has 0 spiro atoms. The average Bonchev–Trinajstić information content (AvgIpc) is 4.21. The third-order valence-electron chi connectivity index (χ3n) is 13.2. The number of fused-ring (bicyclic) bond motifs is 8. The van der Waals surface area contributed by atoms with Gasteiger partial charge in [-0.05, 0) is 126 Å². The summed E-state index contributed by atoms with van der Waals surface area (Å²) in [4.78, 5) is 31.2. The predicted molar refractivity (Wildman–Crippen MR) is 285 cm³/mol. The molecule has 8 bridgehead atoms. The molecule has 9 nitrogen and oxygen atoms in total. The van der Waals surface area contributed by atoms with Crippen LogP contribution in [0.5, 0.6) is 17.2 Å². The lowest BCUT2D eigenvalue weighted by molar-refractivity contribution is -0.116. The molecule has 0 saturated carbocycles. The number of phenolic OH excluding ortho intramolecular Hbond substituents is 3. The molecule has 7 aromatic rings. The minimum atomic E-state index is 0.0265. The SMILES string of the molecule is CCCCCCCCCCCCCCCC(=O)Nc1ccc(-c2c3nc(c(-c4ccc(O)cc4)c4ccc([nH]4)c(-c4ccc(O)cc4)c4nc(c(-c5ccc(O)cc5)c5ccc2[nH]5)C=C4)C=C3)cc1. The number of aromatic nitrogens is 4. The Morgan fingerprint density at radius 2 is 0.696 bits per heavy atom. The number of aromatic amines is 2. The molecule has 5 heterocycles. The fourth-order valence-corrected chi connectivity index (χ4v) is 9.55. The number of rotatable bonds is 19. The average molecular weight is 916 g/mol. The molecule has 0 atom stereocenters. The summed E-state index contributed by atoms with van der Waals surface area (Å²) >= 11 is 0. The molecule has 0 radical (unpaired) electrons. The van der Waals surface area contributed by atoms with Crippen LogP contribution in [0.25, 0.3) is 90.9 Å². The second kappa shape index (κ2) is 22.0. The van der Waals surface area contributed by atoms with E-state index in [-0.39, 0.29) is 23.2 Å². The van der Waals surface area contributed by atoms with E-state index in [0.717, 1.165) is 108 Å². The number of benzene rings is 4. The Labute approximate surface area is 404 Å². The zero-order valence-corrected chi connectivity index (χ0v) is 39.4. The van der Waals surface area contributed by atoms with Crippen LogP contribution in [-0.4, -0.2) is 41.2 Å². The first-order valence-electron chi connectivity index (χ1n) is 24.8. The van der Waals surface area contributed by atoms with Crippen molar-refractivity contribution in [1.29, 1.82) is 0 Å². The molecule has 2 aliphatic heterocycles. The Hall–Kier alpha value is -7.65. The fraction of sp³-hybridized carbons (Fsp3) is 0.250. The van der Waals surface area contributed by atoms with Crippen LogP contribution in [-0.2, 0) is 4.79 Å². The normalized spacial score (nSPS) is 11.9. The summed E-state index contributed by atoms with van der Waals surface area (Å²) in [5, 5.41) is 34.1. The second-order valence-electron chi connectivity index (χ2n) is 18.3. The van der Waals surface area contributed by atoms with E-state index in [9.17, 15) is 20.1 Å². The van der Waals surface area contributed by atoms with E-state index in [4.69, 9.17) is 9.97 Å².